The van der Waals surface area contributed by atoms with Gasteiger partial charge in [-0.15, -0.1) is 0 Å². The minimum Gasteiger partial charge on any atom is -0.457 e. The normalized spacial score (nSPS) is 10.9. The number of carbonyl (C=O) groups excluding carboxylic acids is 1. The zero-order chi connectivity index (χ0) is 23.1. The van der Waals surface area contributed by atoms with Gasteiger partial charge in [-0.2, -0.15) is 0 Å². The minimum atomic E-state index is -0.0154. The van der Waals surface area contributed by atoms with E-state index in [1.54, 1.807) is 0 Å². The topological polar surface area (TPSA) is 32.8 Å². The molecule has 0 bridgehead atoms. The first-order valence-corrected chi connectivity index (χ1v) is 11.4. The van der Waals surface area contributed by atoms with Crippen molar-refractivity contribution in [2.24, 2.45) is 0 Å². The number of likely N-dealkylation sites (N-methyl/N-ethyl adjacent to an activating group) is 1. The van der Waals surface area contributed by atoms with Crippen LogP contribution in [0.3, 0.4) is 0 Å². The summed E-state index contributed by atoms with van der Waals surface area (Å²) < 4.78 is 6.19. The average molecular weight is 431 g/mol. The van der Waals surface area contributed by atoms with Crippen molar-refractivity contribution in [3.05, 3.63) is 89.0 Å². The zero-order valence-corrected chi connectivity index (χ0v) is 19.9. The molecule has 3 aromatic carbocycles. The Bertz CT molecular complexity index is 1040. The van der Waals surface area contributed by atoms with Crippen molar-refractivity contribution in [2.45, 2.75) is 34.6 Å². The number of hydrogen-bond acceptors (Lipinski definition) is 3. The Hall–Kier alpha value is -3.11. The smallest absolute Gasteiger partial charge is 0.258 e. The van der Waals surface area contributed by atoms with Gasteiger partial charge < -0.3 is 14.5 Å². The molecule has 0 fully saturated rings. The average Bonchev–Trinajstić information content (AvgIpc) is 2.80. The van der Waals surface area contributed by atoms with E-state index in [1.165, 1.54) is 0 Å². The van der Waals surface area contributed by atoms with Crippen molar-refractivity contribution in [3.8, 4) is 11.5 Å². The van der Waals surface area contributed by atoms with E-state index < -0.39 is 0 Å². The highest BCUT2D eigenvalue weighted by atomic mass is 16.5. The maximum atomic E-state index is 13.7. The summed E-state index contributed by atoms with van der Waals surface area (Å²) in [4.78, 5) is 17.9. The van der Waals surface area contributed by atoms with Crippen LogP contribution in [0.1, 0.15) is 40.9 Å². The Balaban J connectivity index is 1.90. The fourth-order valence-electron chi connectivity index (χ4n) is 3.91. The molecule has 0 aliphatic carbocycles. The van der Waals surface area contributed by atoms with Crippen LogP contribution in [0, 0.1) is 20.8 Å². The van der Waals surface area contributed by atoms with Gasteiger partial charge in [0.1, 0.15) is 11.5 Å². The molecule has 0 radical (unpaired) electrons. The van der Waals surface area contributed by atoms with Crippen molar-refractivity contribution in [2.75, 3.05) is 31.1 Å². The lowest BCUT2D eigenvalue weighted by atomic mass is 10.1. The van der Waals surface area contributed by atoms with E-state index in [0.717, 1.165) is 47.8 Å². The predicted octanol–water partition coefficient (Wildman–Crippen LogP) is 6.39. The number of anilines is 1. The van der Waals surface area contributed by atoms with Crippen LogP contribution in [-0.2, 0) is 0 Å². The summed E-state index contributed by atoms with van der Waals surface area (Å²) in [5.41, 5.74) is 4.80. The fraction of sp³-hybridized carbons (Fsp3) is 0.321. The lowest BCUT2D eigenvalue weighted by Gasteiger charge is -2.28. The number of hydrogen-bond donors (Lipinski definition) is 0. The van der Waals surface area contributed by atoms with Crippen molar-refractivity contribution >= 4 is 11.6 Å². The van der Waals surface area contributed by atoms with Crippen LogP contribution in [-0.4, -0.2) is 37.0 Å². The van der Waals surface area contributed by atoms with Crippen LogP contribution < -0.4 is 9.64 Å². The Labute approximate surface area is 192 Å². The highest BCUT2D eigenvalue weighted by Crippen LogP contribution is 2.30. The standard InChI is InChI=1S/C28H34N2O2/c1-6-29(7-2)18-19-30(26-17-9-8-12-21(26)3)28(31)24-15-11-16-25(20-24)32-27-22(4)13-10-14-23(27)5/h8-17,20H,6-7,18-19H2,1-5H3. The third kappa shape index (κ3) is 5.57. The van der Waals surface area contributed by atoms with E-state index in [1.807, 2.05) is 92.4 Å². The van der Waals surface area contributed by atoms with E-state index in [4.69, 9.17) is 4.74 Å². The predicted molar refractivity (Wildman–Crippen MR) is 133 cm³/mol. The Morgan fingerprint density at radius 3 is 2.06 bits per heavy atom. The summed E-state index contributed by atoms with van der Waals surface area (Å²) in [7, 11) is 0. The lowest BCUT2D eigenvalue weighted by Crippen LogP contribution is -2.39. The van der Waals surface area contributed by atoms with E-state index in [-0.39, 0.29) is 5.91 Å². The van der Waals surface area contributed by atoms with E-state index >= 15 is 0 Å². The minimum absolute atomic E-state index is 0.0154. The van der Waals surface area contributed by atoms with Gasteiger partial charge in [0.2, 0.25) is 0 Å². The molecule has 168 valence electrons. The molecule has 0 N–H and O–H groups in total. The first-order valence-electron chi connectivity index (χ1n) is 11.4. The molecular formula is C28H34N2O2. The van der Waals surface area contributed by atoms with Crippen LogP contribution in [0.5, 0.6) is 11.5 Å². The van der Waals surface area contributed by atoms with Gasteiger partial charge >= 0.3 is 0 Å². The maximum absolute atomic E-state index is 13.7. The summed E-state index contributed by atoms with van der Waals surface area (Å²) in [6.45, 7) is 13.8. The van der Waals surface area contributed by atoms with Gasteiger partial charge in [-0.3, -0.25) is 4.79 Å². The molecule has 0 unspecified atom stereocenters. The summed E-state index contributed by atoms with van der Waals surface area (Å²) >= 11 is 0. The number of benzene rings is 3. The molecule has 0 heterocycles. The maximum Gasteiger partial charge on any atom is 0.258 e. The summed E-state index contributed by atoms with van der Waals surface area (Å²) in [5, 5.41) is 0. The summed E-state index contributed by atoms with van der Waals surface area (Å²) in [6.07, 6.45) is 0. The van der Waals surface area contributed by atoms with Crippen molar-refractivity contribution in [1.82, 2.24) is 4.90 Å². The second-order valence-corrected chi connectivity index (χ2v) is 8.12. The van der Waals surface area contributed by atoms with Crippen LogP contribution >= 0.6 is 0 Å². The van der Waals surface area contributed by atoms with E-state index in [2.05, 4.69) is 18.7 Å². The second-order valence-electron chi connectivity index (χ2n) is 8.12. The molecule has 0 saturated heterocycles. The van der Waals surface area contributed by atoms with Crippen molar-refractivity contribution < 1.29 is 9.53 Å². The molecule has 4 heteroatoms. The highest BCUT2D eigenvalue weighted by Gasteiger charge is 2.20. The molecule has 0 aromatic heterocycles. The summed E-state index contributed by atoms with van der Waals surface area (Å²) in [6, 6.07) is 21.6. The molecule has 0 saturated carbocycles. The number of carbonyl (C=O) groups is 1. The fourth-order valence-corrected chi connectivity index (χ4v) is 3.91. The molecule has 3 rings (SSSR count). The number of rotatable bonds is 9. The number of aryl methyl sites for hydroxylation is 3. The SMILES string of the molecule is CCN(CC)CCN(C(=O)c1cccc(Oc2c(C)cccc2C)c1)c1ccccc1C. The van der Waals surface area contributed by atoms with Crippen LogP contribution in [0.25, 0.3) is 0 Å². The molecule has 0 spiro atoms. The number of ether oxygens (including phenoxy) is 1. The third-order valence-corrected chi connectivity index (χ3v) is 5.90. The van der Waals surface area contributed by atoms with Gasteiger partial charge in [-0.1, -0.05) is 56.3 Å². The van der Waals surface area contributed by atoms with Gasteiger partial charge in [0, 0.05) is 24.3 Å². The second kappa shape index (κ2) is 11.0. The molecule has 4 nitrogen and oxygen atoms in total. The van der Waals surface area contributed by atoms with E-state index in [0.29, 0.717) is 17.9 Å². The van der Waals surface area contributed by atoms with Gasteiger partial charge in [0.05, 0.1) is 0 Å². The Morgan fingerprint density at radius 2 is 1.41 bits per heavy atom. The molecule has 32 heavy (non-hydrogen) atoms. The Morgan fingerprint density at radius 1 is 0.781 bits per heavy atom. The van der Waals surface area contributed by atoms with E-state index in [9.17, 15) is 4.79 Å². The van der Waals surface area contributed by atoms with Crippen LogP contribution in [0.2, 0.25) is 0 Å². The van der Waals surface area contributed by atoms with Gasteiger partial charge in [-0.05, 0) is 74.8 Å². The van der Waals surface area contributed by atoms with Crippen molar-refractivity contribution in [1.29, 1.82) is 0 Å². The number of nitrogens with zero attached hydrogens (tertiary/aromatic N) is 2. The monoisotopic (exact) mass is 430 g/mol. The van der Waals surface area contributed by atoms with Crippen LogP contribution in [0.4, 0.5) is 5.69 Å². The first-order chi connectivity index (χ1) is 15.4. The first kappa shape index (κ1) is 23.6. The van der Waals surface area contributed by atoms with Gasteiger partial charge in [-0.25, -0.2) is 0 Å². The van der Waals surface area contributed by atoms with Crippen LogP contribution in [0.15, 0.2) is 66.7 Å². The lowest BCUT2D eigenvalue weighted by molar-refractivity contribution is 0.0983. The largest absolute Gasteiger partial charge is 0.457 e. The number of amides is 1. The zero-order valence-electron chi connectivity index (χ0n) is 19.9. The highest BCUT2D eigenvalue weighted by molar-refractivity contribution is 6.06. The van der Waals surface area contributed by atoms with Gasteiger partial charge in [0.15, 0.2) is 0 Å². The molecule has 0 aliphatic heterocycles. The molecule has 0 atom stereocenters. The molecule has 0 aliphatic rings. The van der Waals surface area contributed by atoms with Gasteiger partial charge in [0.25, 0.3) is 5.91 Å². The molecular weight excluding hydrogens is 396 g/mol. The summed E-state index contributed by atoms with van der Waals surface area (Å²) in [5.74, 6) is 1.49. The van der Waals surface area contributed by atoms with Crippen molar-refractivity contribution in [3.63, 3.8) is 0 Å². The molecule has 3 aromatic rings. The Kier molecular flexibility index (Phi) is 8.07. The number of para-hydroxylation sites is 2. The molecule has 1 amide bonds. The third-order valence-electron chi connectivity index (χ3n) is 5.90. The quantitative estimate of drug-likeness (QED) is 0.394.